The first-order chi connectivity index (χ1) is 13.3. The lowest BCUT2D eigenvalue weighted by atomic mass is 9.72. The first-order valence-electron chi connectivity index (χ1n) is 10.2. The Labute approximate surface area is 167 Å². The topological polar surface area (TPSA) is 54.1 Å². The summed E-state index contributed by atoms with van der Waals surface area (Å²) in [6, 6.07) is 10.8. The monoisotopic (exact) mass is 388 g/mol. The van der Waals surface area contributed by atoms with Gasteiger partial charge >= 0.3 is 0 Å². The average Bonchev–Trinajstić information content (AvgIpc) is 3.04. The molecule has 3 aliphatic rings. The second-order valence-corrected chi connectivity index (χ2v) is 9.35. The summed E-state index contributed by atoms with van der Waals surface area (Å²) in [5.41, 5.74) is 8.07. The summed E-state index contributed by atoms with van der Waals surface area (Å²) in [5, 5.41) is 0. The largest absolute Gasteiger partial charge is 0.381 e. The predicted molar refractivity (Wildman–Crippen MR) is 113 cm³/mol. The highest BCUT2D eigenvalue weighted by Crippen LogP contribution is 2.44. The number of guanidine groups is 1. The van der Waals surface area contributed by atoms with Gasteiger partial charge in [-0.25, -0.2) is 0 Å². The molecule has 27 heavy (non-hydrogen) atoms. The van der Waals surface area contributed by atoms with E-state index in [0.29, 0.717) is 11.3 Å². The Balaban J connectivity index is 1.43. The van der Waals surface area contributed by atoms with Crippen molar-refractivity contribution in [1.82, 2.24) is 9.80 Å². The van der Waals surface area contributed by atoms with Crippen molar-refractivity contribution < 1.29 is 4.74 Å². The van der Waals surface area contributed by atoms with E-state index in [4.69, 9.17) is 15.5 Å². The molecule has 0 aromatic heterocycles. The second-order valence-electron chi connectivity index (χ2n) is 8.13. The van der Waals surface area contributed by atoms with Crippen molar-refractivity contribution in [3.63, 3.8) is 0 Å². The van der Waals surface area contributed by atoms with Crippen molar-refractivity contribution in [2.24, 2.45) is 22.1 Å². The lowest BCUT2D eigenvalue weighted by Crippen LogP contribution is -2.43. The number of aliphatic imine (C=N–C) groups is 1. The molecule has 0 radical (unpaired) electrons. The zero-order valence-corrected chi connectivity index (χ0v) is 17.0. The molecule has 2 N–H and O–H groups in total. The maximum atomic E-state index is 6.33. The predicted octanol–water partition coefficient (Wildman–Crippen LogP) is 2.28. The van der Waals surface area contributed by atoms with Gasteiger partial charge in [0.15, 0.2) is 5.96 Å². The van der Waals surface area contributed by atoms with Crippen LogP contribution in [0.3, 0.4) is 0 Å². The van der Waals surface area contributed by atoms with Crippen LogP contribution in [0, 0.1) is 11.3 Å². The number of nitrogens with zero attached hydrogens (tertiary/aromatic N) is 3. The van der Waals surface area contributed by atoms with Gasteiger partial charge in [0.2, 0.25) is 0 Å². The zero-order valence-electron chi connectivity index (χ0n) is 16.2. The normalized spacial score (nSPS) is 26.6. The van der Waals surface area contributed by atoms with Gasteiger partial charge in [0.05, 0.1) is 0 Å². The van der Waals surface area contributed by atoms with Gasteiger partial charge < -0.3 is 15.4 Å². The third-order valence-corrected chi connectivity index (χ3v) is 7.37. The molecule has 1 atom stereocenters. The summed E-state index contributed by atoms with van der Waals surface area (Å²) in [6.07, 6.45) is 2.30. The molecular formula is C21H32N4OS. The minimum Gasteiger partial charge on any atom is -0.381 e. The molecule has 4 rings (SSSR count). The van der Waals surface area contributed by atoms with E-state index >= 15 is 0 Å². The molecule has 3 heterocycles. The van der Waals surface area contributed by atoms with Gasteiger partial charge in [-0.3, -0.25) is 9.89 Å². The molecule has 0 aliphatic carbocycles. The van der Waals surface area contributed by atoms with Gasteiger partial charge in [0.1, 0.15) is 0 Å². The number of likely N-dealkylation sites (tertiary alicyclic amines) is 1. The maximum Gasteiger partial charge on any atom is 0.191 e. The molecule has 1 unspecified atom stereocenters. The molecule has 1 spiro atoms. The van der Waals surface area contributed by atoms with Crippen LogP contribution in [0.5, 0.6) is 0 Å². The molecule has 0 amide bonds. The summed E-state index contributed by atoms with van der Waals surface area (Å²) in [5.74, 6) is 3.64. The second kappa shape index (κ2) is 8.84. The average molecular weight is 389 g/mol. The number of nitrogens with two attached hydrogens (primary N) is 1. The van der Waals surface area contributed by atoms with Crippen LogP contribution in [0.2, 0.25) is 0 Å². The van der Waals surface area contributed by atoms with Crippen LogP contribution in [-0.2, 0) is 11.3 Å². The summed E-state index contributed by atoms with van der Waals surface area (Å²) in [7, 11) is 0. The number of rotatable bonds is 4. The first kappa shape index (κ1) is 19.1. The Hall–Kier alpha value is -1.24. The smallest absolute Gasteiger partial charge is 0.191 e. The van der Waals surface area contributed by atoms with Crippen molar-refractivity contribution >= 4 is 17.7 Å². The lowest BCUT2D eigenvalue weighted by Gasteiger charge is -2.38. The van der Waals surface area contributed by atoms with Gasteiger partial charge in [0.25, 0.3) is 0 Å². The van der Waals surface area contributed by atoms with Crippen molar-refractivity contribution in [2.45, 2.75) is 19.4 Å². The molecule has 5 nitrogen and oxygen atoms in total. The summed E-state index contributed by atoms with van der Waals surface area (Å²) in [4.78, 5) is 9.74. The fourth-order valence-corrected chi connectivity index (χ4v) is 5.70. The van der Waals surface area contributed by atoms with E-state index in [1.807, 2.05) is 11.8 Å². The van der Waals surface area contributed by atoms with Crippen LogP contribution < -0.4 is 5.73 Å². The number of benzene rings is 1. The Kier molecular flexibility index (Phi) is 6.25. The highest BCUT2D eigenvalue weighted by Gasteiger charge is 2.46. The fourth-order valence-electron chi connectivity index (χ4n) is 4.80. The summed E-state index contributed by atoms with van der Waals surface area (Å²) in [6.45, 7) is 7.99. The minimum absolute atomic E-state index is 0.342. The Morgan fingerprint density at radius 1 is 1.19 bits per heavy atom. The number of ether oxygens (including phenoxy) is 1. The van der Waals surface area contributed by atoms with Crippen molar-refractivity contribution in [3.8, 4) is 0 Å². The van der Waals surface area contributed by atoms with Crippen molar-refractivity contribution in [2.75, 3.05) is 57.4 Å². The molecule has 3 fully saturated rings. The third kappa shape index (κ3) is 4.61. The lowest BCUT2D eigenvalue weighted by molar-refractivity contribution is 0.00107. The highest BCUT2D eigenvalue weighted by molar-refractivity contribution is 7.99. The van der Waals surface area contributed by atoms with Crippen LogP contribution in [0.4, 0.5) is 0 Å². The van der Waals surface area contributed by atoms with Gasteiger partial charge in [-0.1, -0.05) is 30.3 Å². The van der Waals surface area contributed by atoms with Crippen LogP contribution in [0.15, 0.2) is 35.3 Å². The van der Waals surface area contributed by atoms with Gasteiger partial charge in [-0.05, 0) is 29.7 Å². The number of thioether (sulfide) groups is 1. The van der Waals surface area contributed by atoms with Crippen molar-refractivity contribution in [1.29, 1.82) is 0 Å². The summed E-state index contributed by atoms with van der Waals surface area (Å²) >= 11 is 2.01. The molecule has 1 aromatic carbocycles. The van der Waals surface area contributed by atoms with Crippen molar-refractivity contribution in [3.05, 3.63) is 35.9 Å². The minimum atomic E-state index is 0.342. The number of hydrogen-bond donors (Lipinski definition) is 1. The van der Waals surface area contributed by atoms with Gasteiger partial charge in [0, 0.05) is 64.0 Å². The molecule has 148 valence electrons. The maximum absolute atomic E-state index is 6.33. The van der Waals surface area contributed by atoms with E-state index < -0.39 is 0 Å². The van der Waals surface area contributed by atoms with E-state index in [1.165, 1.54) is 5.56 Å². The van der Waals surface area contributed by atoms with Crippen LogP contribution in [0.25, 0.3) is 0 Å². The molecule has 3 aliphatic heterocycles. The van der Waals surface area contributed by atoms with Crippen LogP contribution in [0.1, 0.15) is 18.4 Å². The Morgan fingerprint density at radius 2 is 1.93 bits per heavy atom. The molecule has 1 aromatic rings. The van der Waals surface area contributed by atoms with E-state index in [9.17, 15) is 0 Å². The van der Waals surface area contributed by atoms with E-state index in [0.717, 1.165) is 82.8 Å². The third-order valence-electron chi connectivity index (χ3n) is 6.43. The molecule has 6 heteroatoms. The molecular weight excluding hydrogens is 356 g/mol. The van der Waals surface area contributed by atoms with Crippen LogP contribution >= 0.6 is 11.8 Å². The fraction of sp³-hybridized carbons (Fsp3) is 0.667. The molecule has 0 saturated carbocycles. The van der Waals surface area contributed by atoms with E-state index in [1.54, 1.807) is 0 Å². The standard InChI is InChI=1S/C21H32N4OS/c22-20(25-8-12-27-13-9-25)23-14-19-16-24(15-18-4-2-1-3-5-18)17-21(19)6-10-26-11-7-21/h1-5,19H,6-17H2,(H2,22,23). The Bertz CT molecular complexity index is 626. The number of hydrogen-bond acceptors (Lipinski definition) is 4. The van der Waals surface area contributed by atoms with Gasteiger partial charge in [-0.15, -0.1) is 0 Å². The molecule has 0 bridgehead atoms. The van der Waals surface area contributed by atoms with Gasteiger partial charge in [-0.2, -0.15) is 11.8 Å². The van der Waals surface area contributed by atoms with E-state index in [2.05, 4.69) is 40.1 Å². The van der Waals surface area contributed by atoms with E-state index in [-0.39, 0.29) is 0 Å². The summed E-state index contributed by atoms with van der Waals surface area (Å²) < 4.78 is 5.69. The van der Waals surface area contributed by atoms with Crippen LogP contribution in [-0.4, -0.2) is 73.2 Å². The molecule has 3 saturated heterocycles. The zero-order chi connectivity index (χ0) is 18.5. The quantitative estimate of drug-likeness (QED) is 0.633. The Morgan fingerprint density at radius 3 is 2.67 bits per heavy atom. The SMILES string of the molecule is NC(=NCC1CN(Cc2ccccc2)CC12CCOCC2)N1CCSCC1. The highest BCUT2D eigenvalue weighted by atomic mass is 32.2. The first-order valence-corrected chi connectivity index (χ1v) is 11.4.